The van der Waals surface area contributed by atoms with Gasteiger partial charge >= 0.3 is 0 Å². The molecule has 0 unspecified atom stereocenters. The van der Waals surface area contributed by atoms with E-state index in [0.717, 1.165) is 18.4 Å². The minimum atomic E-state index is -0.379. The standard InChI is InChI=1S/C18H28N2O3/c1-6-9-13-10-14(11-15(22-4)16(13)23-5)17(21)20-12-18(19,7-2)8-3/h6,10-11H,1,7-9,12,19H2,2-5H3,(H,20,21). The third-order valence-corrected chi connectivity index (χ3v) is 4.19. The van der Waals surface area contributed by atoms with E-state index in [1.54, 1.807) is 32.4 Å². The van der Waals surface area contributed by atoms with Crippen LogP contribution in [0.4, 0.5) is 0 Å². The Hall–Kier alpha value is -2.01. The molecule has 23 heavy (non-hydrogen) atoms. The molecule has 0 spiro atoms. The summed E-state index contributed by atoms with van der Waals surface area (Å²) >= 11 is 0. The van der Waals surface area contributed by atoms with Crippen molar-refractivity contribution in [1.29, 1.82) is 0 Å². The molecule has 5 heteroatoms. The Morgan fingerprint density at radius 3 is 2.43 bits per heavy atom. The molecule has 1 amide bonds. The smallest absolute Gasteiger partial charge is 0.251 e. The fourth-order valence-electron chi connectivity index (χ4n) is 2.34. The van der Waals surface area contributed by atoms with Gasteiger partial charge < -0.3 is 20.5 Å². The number of benzene rings is 1. The van der Waals surface area contributed by atoms with Crippen LogP contribution in [-0.4, -0.2) is 32.2 Å². The van der Waals surface area contributed by atoms with Crippen LogP contribution in [0, 0.1) is 0 Å². The molecule has 1 aromatic rings. The minimum Gasteiger partial charge on any atom is -0.493 e. The van der Waals surface area contributed by atoms with Crippen LogP contribution in [-0.2, 0) is 6.42 Å². The molecule has 5 nitrogen and oxygen atoms in total. The van der Waals surface area contributed by atoms with Crippen LogP contribution in [0.25, 0.3) is 0 Å². The van der Waals surface area contributed by atoms with E-state index < -0.39 is 0 Å². The lowest BCUT2D eigenvalue weighted by molar-refractivity contribution is 0.0941. The van der Waals surface area contributed by atoms with E-state index in [1.807, 2.05) is 13.8 Å². The highest BCUT2D eigenvalue weighted by molar-refractivity contribution is 5.95. The van der Waals surface area contributed by atoms with Gasteiger partial charge in [-0.2, -0.15) is 0 Å². The molecule has 0 radical (unpaired) electrons. The number of nitrogens with two attached hydrogens (primary N) is 1. The molecule has 3 N–H and O–H groups in total. The highest BCUT2D eigenvalue weighted by Gasteiger charge is 2.22. The highest BCUT2D eigenvalue weighted by atomic mass is 16.5. The molecule has 0 bridgehead atoms. The number of amides is 1. The van der Waals surface area contributed by atoms with E-state index >= 15 is 0 Å². The Bertz CT molecular complexity index is 551. The number of carbonyl (C=O) groups excluding carboxylic acids is 1. The molecule has 0 aromatic heterocycles. The lowest BCUT2D eigenvalue weighted by Crippen LogP contribution is -2.49. The Kier molecular flexibility index (Phi) is 7.10. The lowest BCUT2D eigenvalue weighted by atomic mass is 9.94. The number of methoxy groups -OCH3 is 2. The zero-order valence-corrected chi connectivity index (χ0v) is 14.6. The first-order valence-corrected chi connectivity index (χ1v) is 7.87. The Morgan fingerprint density at radius 1 is 1.30 bits per heavy atom. The summed E-state index contributed by atoms with van der Waals surface area (Å²) < 4.78 is 10.7. The number of hydrogen-bond donors (Lipinski definition) is 2. The van der Waals surface area contributed by atoms with Gasteiger partial charge in [0, 0.05) is 23.2 Å². The average molecular weight is 320 g/mol. The maximum Gasteiger partial charge on any atom is 0.251 e. The van der Waals surface area contributed by atoms with E-state index in [-0.39, 0.29) is 11.4 Å². The fourth-order valence-corrected chi connectivity index (χ4v) is 2.34. The molecule has 0 fully saturated rings. The van der Waals surface area contributed by atoms with E-state index in [9.17, 15) is 4.79 Å². The monoisotopic (exact) mass is 320 g/mol. The zero-order chi connectivity index (χ0) is 17.5. The summed E-state index contributed by atoms with van der Waals surface area (Å²) in [7, 11) is 3.13. The third kappa shape index (κ3) is 4.73. The van der Waals surface area contributed by atoms with Crippen molar-refractivity contribution in [3.8, 4) is 11.5 Å². The van der Waals surface area contributed by atoms with Crippen LogP contribution in [0.15, 0.2) is 24.8 Å². The van der Waals surface area contributed by atoms with Crippen molar-refractivity contribution < 1.29 is 14.3 Å². The van der Waals surface area contributed by atoms with Gasteiger partial charge in [-0.25, -0.2) is 0 Å². The van der Waals surface area contributed by atoms with Gasteiger partial charge in [-0.05, 0) is 31.4 Å². The Balaban J connectivity index is 3.05. The van der Waals surface area contributed by atoms with E-state index in [0.29, 0.717) is 30.0 Å². The summed E-state index contributed by atoms with van der Waals surface area (Å²) in [5.41, 5.74) is 7.23. The predicted octanol–water partition coefficient (Wildman–Crippen LogP) is 2.68. The quantitative estimate of drug-likeness (QED) is 0.686. The van der Waals surface area contributed by atoms with Gasteiger partial charge in [0.25, 0.3) is 5.91 Å². The number of hydrogen-bond acceptors (Lipinski definition) is 4. The van der Waals surface area contributed by atoms with Gasteiger partial charge in [0.15, 0.2) is 11.5 Å². The first kappa shape index (κ1) is 19.0. The van der Waals surface area contributed by atoms with Crippen LogP contribution in [0.2, 0.25) is 0 Å². The van der Waals surface area contributed by atoms with Gasteiger partial charge in [-0.3, -0.25) is 4.79 Å². The van der Waals surface area contributed by atoms with Gasteiger partial charge in [0.2, 0.25) is 0 Å². The second-order valence-electron chi connectivity index (χ2n) is 5.62. The molecule has 0 saturated heterocycles. The van der Waals surface area contributed by atoms with Crippen molar-refractivity contribution in [1.82, 2.24) is 5.32 Å². The molecule has 0 atom stereocenters. The molecule has 128 valence electrons. The second kappa shape index (κ2) is 8.58. The van der Waals surface area contributed by atoms with Crippen LogP contribution in [0.3, 0.4) is 0 Å². The zero-order valence-electron chi connectivity index (χ0n) is 14.6. The fraction of sp³-hybridized carbons (Fsp3) is 0.500. The second-order valence-corrected chi connectivity index (χ2v) is 5.62. The molecule has 1 rings (SSSR count). The van der Waals surface area contributed by atoms with E-state index in [4.69, 9.17) is 15.2 Å². The van der Waals surface area contributed by atoms with E-state index in [2.05, 4.69) is 11.9 Å². The molecule has 0 saturated carbocycles. The van der Waals surface area contributed by atoms with Crippen LogP contribution in [0.5, 0.6) is 11.5 Å². The SMILES string of the molecule is C=CCc1cc(C(=O)NCC(N)(CC)CC)cc(OC)c1OC. The van der Waals surface area contributed by atoms with Crippen LogP contribution >= 0.6 is 0 Å². The number of rotatable bonds is 9. The van der Waals surface area contributed by atoms with Crippen molar-refractivity contribution in [3.05, 3.63) is 35.9 Å². The minimum absolute atomic E-state index is 0.173. The van der Waals surface area contributed by atoms with Crippen molar-refractivity contribution in [3.63, 3.8) is 0 Å². The Morgan fingerprint density at radius 2 is 1.96 bits per heavy atom. The largest absolute Gasteiger partial charge is 0.493 e. The summed E-state index contributed by atoms with van der Waals surface area (Å²) in [5.74, 6) is 0.981. The Labute approximate surface area is 138 Å². The first-order chi connectivity index (χ1) is 10.9. The predicted molar refractivity (Wildman–Crippen MR) is 93.3 cm³/mol. The van der Waals surface area contributed by atoms with Crippen LogP contribution < -0.4 is 20.5 Å². The summed E-state index contributed by atoms with van der Waals surface area (Å²) in [6, 6.07) is 3.48. The van der Waals surface area contributed by atoms with Crippen molar-refractivity contribution >= 4 is 5.91 Å². The van der Waals surface area contributed by atoms with Crippen molar-refractivity contribution in [2.75, 3.05) is 20.8 Å². The molecule has 0 heterocycles. The maximum atomic E-state index is 12.5. The molecular weight excluding hydrogens is 292 g/mol. The molecular formula is C18H28N2O3. The lowest BCUT2D eigenvalue weighted by Gasteiger charge is -2.27. The van der Waals surface area contributed by atoms with Gasteiger partial charge in [0.1, 0.15) is 0 Å². The number of ether oxygens (including phenoxy) is 2. The highest BCUT2D eigenvalue weighted by Crippen LogP contribution is 2.33. The topological polar surface area (TPSA) is 73.6 Å². The summed E-state index contributed by atoms with van der Waals surface area (Å²) in [6.45, 7) is 8.22. The normalized spacial score (nSPS) is 11.0. The van der Waals surface area contributed by atoms with Crippen molar-refractivity contribution in [2.45, 2.75) is 38.6 Å². The number of allylic oxidation sites excluding steroid dienone is 1. The summed E-state index contributed by atoms with van der Waals surface area (Å²) in [5, 5.41) is 2.91. The van der Waals surface area contributed by atoms with E-state index in [1.165, 1.54) is 0 Å². The number of nitrogens with one attached hydrogen (secondary N) is 1. The molecule has 0 aliphatic carbocycles. The number of carbonyl (C=O) groups is 1. The first-order valence-electron chi connectivity index (χ1n) is 7.87. The third-order valence-electron chi connectivity index (χ3n) is 4.19. The molecule has 0 aliphatic rings. The maximum absolute atomic E-state index is 12.5. The van der Waals surface area contributed by atoms with Gasteiger partial charge in [-0.15, -0.1) is 6.58 Å². The van der Waals surface area contributed by atoms with Gasteiger partial charge in [0.05, 0.1) is 14.2 Å². The van der Waals surface area contributed by atoms with Crippen LogP contribution in [0.1, 0.15) is 42.6 Å². The molecule has 1 aromatic carbocycles. The molecule has 0 aliphatic heterocycles. The average Bonchev–Trinajstić information content (AvgIpc) is 2.58. The summed E-state index contributed by atoms with van der Waals surface area (Å²) in [4.78, 5) is 12.5. The van der Waals surface area contributed by atoms with Crippen molar-refractivity contribution in [2.24, 2.45) is 5.73 Å². The summed E-state index contributed by atoms with van der Waals surface area (Å²) in [6.07, 6.45) is 3.96. The van der Waals surface area contributed by atoms with Gasteiger partial charge in [-0.1, -0.05) is 19.9 Å².